The van der Waals surface area contributed by atoms with Crippen molar-refractivity contribution in [3.63, 3.8) is 0 Å². The van der Waals surface area contributed by atoms with Gasteiger partial charge in [-0.05, 0) is 38.0 Å². The number of aromatic nitrogens is 2. The van der Waals surface area contributed by atoms with Crippen LogP contribution in [0.4, 0.5) is 0 Å². The van der Waals surface area contributed by atoms with Crippen LogP contribution in [-0.4, -0.2) is 44.8 Å². The lowest BCUT2D eigenvalue weighted by Crippen LogP contribution is -2.41. The monoisotopic (exact) mass is 351 g/mol. The van der Waals surface area contributed by atoms with Crippen molar-refractivity contribution >= 4 is 5.97 Å². The molecule has 0 aromatic carbocycles. The lowest BCUT2D eigenvalue weighted by atomic mass is 9.85. The van der Waals surface area contributed by atoms with E-state index in [4.69, 9.17) is 9.26 Å². The zero-order valence-electron chi connectivity index (χ0n) is 15.4. The number of hydrogen-bond donors (Lipinski definition) is 1. The Bertz CT molecular complexity index is 589. The molecule has 2 heterocycles. The number of rotatable bonds is 7. The summed E-state index contributed by atoms with van der Waals surface area (Å²) in [4.78, 5) is 18.2. The fourth-order valence-electron chi connectivity index (χ4n) is 4.09. The molecule has 0 bridgehead atoms. The summed E-state index contributed by atoms with van der Waals surface area (Å²) in [5.74, 6) is 1.18. The van der Waals surface area contributed by atoms with Crippen LogP contribution in [-0.2, 0) is 16.1 Å². The van der Waals surface area contributed by atoms with Gasteiger partial charge in [0.2, 0.25) is 5.89 Å². The lowest BCUT2D eigenvalue weighted by molar-refractivity contribution is -0.143. The molecule has 1 saturated carbocycles. The summed E-state index contributed by atoms with van der Waals surface area (Å²) >= 11 is 0. The van der Waals surface area contributed by atoms with E-state index in [0.29, 0.717) is 42.7 Å². The Morgan fingerprint density at radius 2 is 2.12 bits per heavy atom. The van der Waals surface area contributed by atoms with Gasteiger partial charge in [-0.25, -0.2) is 0 Å². The summed E-state index contributed by atoms with van der Waals surface area (Å²) in [5.41, 5.74) is 0. The van der Waals surface area contributed by atoms with Crippen LogP contribution in [0.5, 0.6) is 0 Å². The Kier molecular flexibility index (Phi) is 5.74. The average Bonchev–Trinajstić information content (AvgIpc) is 3.18. The highest BCUT2D eigenvalue weighted by atomic mass is 16.5. The average molecular weight is 351 g/mol. The minimum atomic E-state index is -0.747. The molecule has 2 aliphatic rings. The van der Waals surface area contributed by atoms with Gasteiger partial charge in [0.15, 0.2) is 5.82 Å². The van der Waals surface area contributed by atoms with Crippen LogP contribution in [0.2, 0.25) is 0 Å². The molecule has 140 valence electrons. The third kappa shape index (κ3) is 4.20. The topological polar surface area (TPSA) is 88.7 Å². The smallest absolute Gasteiger partial charge is 0.320 e. The number of hydrogen-bond acceptors (Lipinski definition) is 6. The molecule has 25 heavy (non-hydrogen) atoms. The number of carboxylic acids is 1. The highest BCUT2D eigenvalue weighted by molar-refractivity contribution is 5.74. The van der Waals surface area contributed by atoms with E-state index in [-0.39, 0.29) is 6.10 Å². The van der Waals surface area contributed by atoms with Gasteiger partial charge in [-0.15, -0.1) is 0 Å². The van der Waals surface area contributed by atoms with Crippen LogP contribution in [0.15, 0.2) is 4.52 Å². The van der Waals surface area contributed by atoms with Gasteiger partial charge >= 0.3 is 5.97 Å². The molecule has 1 aliphatic heterocycles. The Balaban J connectivity index is 1.67. The van der Waals surface area contributed by atoms with Crippen molar-refractivity contribution in [1.29, 1.82) is 0 Å². The fourth-order valence-corrected chi connectivity index (χ4v) is 4.09. The summed E-state index contributed by atoms with van der Waals surface area (Å²) in [5, 5.41) is 13.6. The quantitative estimate of drug-likeness (QED) is 0.807. The number of nitrogens with zero attached hydrogens (tertiary/aromatic N) is 3. The molecule has 1 N–H and O–H groups in total. The predicted molar refractivity (Wildman–Crippen MR) is 90.8 cm³/mol. The van der Waals surface area contributed by atoms with E-state index in [1.165, 1.54) is 12.8 Å². The van der Waals surface area contributed by atoms with Gasteiger partial charge in [0.1, 0.15) is 12.1 Å². The maximum Gasteiger partial charge on any atom is 0.320 e. The number of carboxylic acid groups (broad SMARTS) is 1. The van der Waals surface area contributed by atoms with E-state index in [0.717, 1.165) is 19.3 Å². The maximum atomic E-state index is 11.7. The van der Waals surface area contributed by atoms with Crippen molar-refractivity contribution in [3.8, 4) is 0 Å². The molecule has 0 spiro atoms. The summed E-state index contributed by atoms with van der Waals surface area (Å²) < 4.78 is 11.1. The van der Waals surface area contributed by atoms with Gasteiger partial charge in [0, 0.05) is 12.6 Å². The molecule has 0 amide bonds. The zero-order valence-corrected chi connectivity index (χ0v) is 15.4. The molecule has 7 heteroatoms. The second-order valence-corrected chi connectivity index (χ2v) is 7.79. The van der Waals surface area contributed by atoms with E-state index in [2.05, 4.69) is 28.9 Å². The summed E-state index contributed by atoms with van der Waals surface area (Å²) in [7, 11) is 0. The SMILES string of the molecule is CC(C)COC(C)c1noc(CN2C(C(=O)O)CC3CCCCC32)n1. The zero-order chi connectivity index (χ0) is 18.0. The molecule has 3 rings (SSSR count). The first kappa shape index (κ1) is 18.3. The molecule has 1 aromatic heterocycles. The Morgan fingerprint density at radius 3 is 2.84 bits per heavy atom. The maximum absolute atomic E-state index is 11.7. The molecule has 0 radical (unpaired) electrons. The van der Waals surface area contributed by atoms with Crippen LogP contribution in [0.3, 0.4) is 0 Å². The van der Waals surface area contributed by atoms with Crippen molar-refractivity contribution in [1.82, 2.24) is 15.0 Å². The number of fused-ring (bicyclic) bond motifs is 1. The number of aliphatic carboxylic acids is 1. The van der Waals surface area contributed by atoms with E-state index in [1.54, 1.807) is 0 Å². The highest BCUT2D eigenvalue weighted by Gasteiger charge is 2.45. The molecular weight excluding hydrogens is 322 g/mol. The summed E-state index contributed by atoms with van der Waals surface area (Å²) in [6.45, 7) is 7.14. The van der Waals surface area contributed by atoms with Crippen LogP contribution in [0, 0.1) is 11.8 Å². The minimum absolute atomic E-state index is 0.226. The minimum Gasteiger partial charge on any atom is -0.480 e. The van der Waals surface area contributed by atoms with Crippen molar-refractivity contribution in [3.05, 3.63) is 11.7 Å². The largest absolute Gasteiger partial charge is 0.480 e. The van der Waals surface area contributed by atoms with Gasteiger partial charge < -0.3 is 14.4 Å². The first-order valence-corrected chi connectivity index (χ1v) is 9.38. The van der Waals surface area contributed by atoms with Crippen molar-refractivity contribution in [2.45, 2.75) is 77.6 Å². The predicted octanol–water partition coefficient (Wildman–Crippen LogP) is 3.02. The first-order chi connectivity index (χ1) is 12.0. The first-order valence-electron chi connectivity index (χ1n) is 9.38. The summed E-state index contributed by atoms with van der Waals surface area (Å²) in [6, 6.07) is -0.127. The van der Waals surface area contributed by atoms with E-state index in [9.17, 15) is 9.90 Å². The molecule has 7 nitrogen and oxygen atoms in total. The van der Waals surface area contributed by atoms with Crippen molar-refractivity contribution in [2.24, 2.45) is 11.8 Å². The van der Waals surface area contributed by atoms with Gasteiger partial charge in [-0.2, -0.15) is 4.98 Å². The number of carbonyl (C=O) groups is 1. The molecule has 1 aromatic rings. The van der Waals surface area contributed by atoms with E-state index >= 15 is 0 Å². The second-order valence-electron chi connectivity index (χ2n) is 7.79. The number of ether oxygens (including phenoxy) is 1. The normalized spacial score (nSPS) is 28.2. The molecule has 4 unspecified atom stereocenters. The Labute approximate surface area is 148 Å². The van der Waals surface area contributed by atoms with Crippen molar-refractivity contribution < 1.29 is 19.2 Å². The Morgan fingerprint density at radius 1 is 1.36 bits per heavy atom. The molecule has 4 atom stereocenters. The van der Waals surface area contributed by atoms with Crippen LogP contribution < -0.4 is 0 Å². The van der Waals surface area contributed by atoms with E-state index < -0.39 is 12.0 Å². The van der Waals surface area contributed by atoms with Gasteiger partial charge in [0.05, 0.1) is 6.54 Å². The third-order valence-corrected chi connectivity index (χ3v) is 5.35. The molecule has 2 fully saturated rings. The van der Waals surface area contributed by atoms with Gasteiger partial charge in [-0.3, -0.25) is 9.69 Å². The number of likely N-dealkylation sites (tertiary alicyclic amines) is 1. The van der Waals surface area contributed by atoms with Gasteiger partial charge in [0.25, 0.3) is 0 Å². The third-order valence-electron chi connectivity index (χ3n) is 5.35. The van der Waals surface area contributed by atoms with Crippen molar-refractivity contribution in [2.75, 3.05) is 6.61 Å². The molecular formula is C18H29N3O4. The van der Waals surface area contributed by atoms with Crippen LogP contribution in [0.25, 0.3) is 0 Å². The van der Waals surface area contributed by atoms with Crippen LogP contribution in [0.1, 0.15) is 70.7 Å². The summed E-state index contributed by atoms with van der Waals surface area (Å²) in [6.07, 6.45) is 5.06. The fraction of sp³-hybridized carbons (Fsp3) is 0.833. The highest BCUT2D eigenvalue weighted by Crippen LogP contribution is 2.40. The van der Waals surface area contributed by atoms with Crippen LogP contribution >= 0.6 is 0 Å². The Hall–Kier alpha value is -1.47. The standard InChI is InChI=1S/C18H29N3O4/c1-11(2)10-24-12(3)17-19-16(25-20-17)9-21-14-7-5-4-6-13(14)8-15(21)18(22)23/h11-15H,4-10H2,1-3H3,(H,22,23). The van der Waals surface area contributed by atoms with Gasteiger partial charge in [-0.1, -0.05) is 31.8 Å². The lowest BCUT2D eigenvalue weighted by Gasteiger charge is -2.31. The molecule has 1 saturated heterocycles. The molecule has 1 aliphatic carbocycles. The van der Waals surface area contributed by atoms with E-state index in [1.807, 2.05) is 6.92 Å². The second kappa shape index (κ2) is 7.83.